The molecular weight excluding hydrogens is 448 g/mol. The first-order valence-electron chi connectivity index (χ1n) is 10.3. The van der Waals surface area contributed by atoms with Crippen LogP contribution in [0, 0.1) is 11.6 Å². The number of anilines is 2. The van der Waals surface area contributed by atoms with Crippen molar-refractivity contribution in [3.63, 3.8) is 0 Å². The van der Waals surface area contributed by atoms with E-state index in [0.29, 0.717) is 34.9 Å². The zero-order chi connectivity index (χ0) is 23.3. The Morgan fingerprint density at radius 2 is 2.09 bits per heavy atom. The molecule has 0 radical (unpaired) electrons. The number of hydrogen-bond acceptors (Lipinski definition) is 6. The van der Waals surface area contributed by atoms with Crippen LogP contribution in [0.25, 0.3) is 21.5 Å². The second kappa shape index (κ2) is 7.89. The van der Waals surface area contributed by atoms with Gasteiger partial charge in [-0.3, -0.25) is 4.79 Å². The molecule has 170 valence electrons. The largest absolute Gasteiger partial charge is 0.378 e. The van der Waals surface area contributed by atoms with Gasteiger partial charge in [0.05, 0.1) is 45.1 Å². The molecule has 0 spiro atoms. The number of benzene rings is 1. The summed E-state index contributed by atoms with van der Waals surface area (Å²) in [7, 11) is 1.57. The van der Waals surface area contributed by atoms with Gasteiger partial charge in [0.2, 0.25) is 0 Å². The fourth-order valence-corrected chi connectivity index (χ4v) is 5.16. The van der Waals surface area contributed by atoms with Crippen LogP contribution in [0.2, 0.25) is 0 Å². The van der Waals surface area contributed by atoms with Crippen molar-refractivity contribution in [3.05, 3.63) is 59.0 Å². The number of rotatable bonds is 5. The summed E-state index contributed by atoms with van der Waals surface area (Å²) < 4.78 is 36.9. The Bertz CT molecular complexity index is 1400. The second-order valence-electron chi connectivity index (χ2n) is 8.39. The molecule has 0 bridgehead atoms. The Morgan fingerprint density at radius 3 is 2.88 bits per heavy atom. The van der Waals surface area contributed by atoms with E-state index in [9.17, 15) is 13.6 Å². The number of ether oxygens (including phenoxy) is 1. The Kier molecular flexibility index (Phi) is 5.13. The van der Waals surface area contributed by atoms with Crippen molar-refractivity contribution in [2.24, 2.45) is 0 Å². The topological polar surface area (TPSA) is 81.1 Å². The lowest BCUT2D eigenvalue weighted by atomic mass is 10.0. The van der Waals surface area contributed by atoms with Crippen molar-refractivity contribution in [2.45, 2.75) is 26.0 Å². The molecule has 1 aliphatic rings. The highest BCUT2D eigenvalue weighted by Crippen LogP contribution is 2.45. The lowest BCUT2D eigenvalue weighted by Gasteiger charge is -2.35. The molecule has 33 heavy (non-hydrogen) atoms. The third-order valence-corrected chi connectivity index (χ3v) is 6.65. The number of methoxy groups -OCH3 is 1. The van der Waals surface area contributed by atoms with Crippen molar-refractivity contribution in [1.29, 1.82) is 0 Å². The standard InChI is InChI=1S/C23H21F2N5O2S/c1-23(2)10-26-22(31)20-18(29-13-6-4-5-12(24)17(13)25)16(15(9-32-3)30(20)23)19-21-14(7-8-33-21)27-11-28-19/h4-8,11,29H,9-10H2,1-3H3,(H,26,31). The zero-order valence-corrected chi connectivity index (χ0v) is 19.0. The molecule has 3 aromatic heterocycles. The van der Waals surface area contributed by atoms with Gasteiger partial charge in [-0.2, -0.15) is 0 Å². The first kappa shape index (κ1) is 21.5. The summed E-state index contributed by atoms with van der Waals surface area (Å²) in [6.45, 7) is 4.57. The van der Waals surface area contributed by atoms with Crippen molar-refractivity contribution < 1.29 is 18.3 Å². The van der Waals surface area contributed by atoms with Crippen LogP contribution >= 0.6 is 11.3 Å². The summed E-state index contributed by atoms with van der Waals surface area (Å²) >= 11 is 1.47. The van der Waals surface area contributed by atoms with E-state index in [-0.39, 0.29) is 18.2 Å². The highest BCUT2D eigenvalue weighted by Gasteiger charge is 2.39. The molecule has 0 saturated carbocycles. The first-order valence-corrected chi connectivity index (χ1v) is 11.2. The molecule has 7 nitrogen and oxygen atoms in total. The number of thiophene rings is 1. The lowest BCUT2D eigenvalue weighted by molar-refractivity contribution is 0.0879. The van der Waals surface area contributed by atoms with Crippen LogP contribution in [0.4, 0.5) is 20.2 Å². The van der Waals surface area contributed by atoms with E-state index in [1.54, 1.807) is 7.11 Å². The molecule has 0 fully saturated rings. The molecule has 10 heteroatoms. The van der Waals surface area contributed by atoms with Crippen molar-refractivity contribution in [1.82, 2.24) is 19.9 Å². The number of nitrogens with zero attached hydrogens (tertiary/aromatic N) is 3. The van der Waals surface area contributed by atoms with E-state index in [2.05, 4.69) is 20.6 Å². The molecule has 1 amide bonds. The van der Waals surface area contributed by atoms with Gasteiger partial charge in [0.1, 0.15) is 12.0 Å². The van der Waals surface area contributed by atoms with Gasteiger partial charge in [-0.05, 0) is 37.4 Å². The van der Waals surface area contributed by atoms with Gasteiger partial charge >= 0.3 is 0 Å². The van der Waals surface area contributed by atoms with Crippen LogP contribution in [-0.4, -0.2) is 34.1 Å². The van der Waals surface area contributed by atoms with Crippen molar-refractivity contribution in [3.8, 4) is 11.3 Å². The van der Waals surface area contributed by atoms with Crippen LogP contribution in [0.15, 0.2) is 36.0 Å². The van der Waals surface area contributed by atoms with Crippen LogP contribution in [0.3, 0.4) is 0 Å². The minimum Gasteiger partial charge on any atom is -0.378 e. The molecular formula is C23H21F2N5O2S. The molecule has 0 saturated heterocycles. The maximum atomic E-state index is 14.7. The molecule has 4 heterocycles. The van der Waals surface area contributed by atoms with Crippen LogP contribution in [-0.2, 0) is 16.9 Å². The number of aromatic nitrogens is 3. The maximum absolute atomic E-state index is 14.7. The third-order valence-electron chi connectivity index (χ3n) is 5.74. The molecule has 0 atom stereocenters. The molecule has 5 rings (SSSR count). The van der Waals surface area contributed by atoms with Crippen LogP contribution in [0.1, 0.15) is 30.0 Å². The van der Waals surface area contributed by atoms with E-state index >= 15 is 0 Å². The summed E-state index contributed by atoms with van der Waals surface area (Å²) in [5.74, 6) is -2.34. The predicted molar refractivity (Wildman–Crippen MR) is 123 cm³/mol. The van der Waals surface area contributed by atoms with Gasteiger partial charge < -0.3 is 19.9 Å². The predicted octanol–water partition coefficient (Wildman–Crippen LogP) is 4.81. The van der Waals surface area contributed by atoms with Crippen LogP contribution < -0.4 is 10.6 Å². The van der Waals surface area contributed by atoms with Crippen molar-refractivity contribution >= 4 is 38.8 Å². The normalized spacial score (nSPS) is 14.9. The average molecular weight is 470 g/mol. The molecule has 4 aromatic rings. The minimum absolute atomic E-state index is 0.0822. The zero-order valence-electron chi connectivity index (χ0n) is 18.2. The minimum atomic E-state index is -1.03. The average Bonchev–Trinajstić information content (AvgIpc) is 3.38. The number of fused-ring (bicyclic) bond motifs is 2. The first-order chi connectivity index (χ1) is 15.8. The number of carbonyl (C=O) groups is 1. The lowest BCUT2D eigenvalue weighted by Crippen LogP contribution is -2.48. The third kappa shape index (κ3) is 3.37. The van der Waals surface area contributed by atoms with E-state index in [1.807, 2.05) is 29.9 Å². The summed E-state index contributed by atoms with van der Waals surface area (Å²) in [6, 6.07) is 5.76. The molecule has 1 aliphatic heterocycles. The molecule has 2 N–H and O–H groups in total. The van der Waals surface area contributed by atoms with Crippen LogP contribution in [0.5, 0.6) is 0 Å². The van der Waals surface area contributed by atoms with E-state index in [0.717, 1.165) is 16.3 Å². The Hall–Kier alpha value is -3.37. The Balaban J connectivity index is 1.88. The van der Waals surface area contributed by atoms with Gasteiger partial charge in [0.15, 0.2) is 11.6 Å². The SMILES string of the molecule is COCc1c(-c2ncnc3ccsc23)c(Nc2cccc(F)c2F)c2n1C(C)(C)CNC2=O. The smallest absolute Gasteiger partial charge is 0.270 e. The maximum Gasteiger partial charge on any atom is 0.270 e. The summed E-state index contributed by atoms with van der Waals surface area (Å²) in [6.07, 6.45) is 1.45. The Labute approximate surface area is 192 Å². The van der Waals surface area contributed by atoms with Gasteiger partial charge in [-0.25, -0.2) is 18.7 Å². The summed E-state index contributed by atoms with van der Waals surface area (Å²) in [5, 5.41) is 7.82. The van der Waals surface area contributed by atoms with Gasteiger partial charge in [-0.15, -0.1) is 11.3 Å². The Morgan fingerprint density at radius 1 is 1.27 bits per heavy atom. The van der Waals surface area contributed by atoms with E-state index < -0.39 is 17.2 Å². The summed E-state index contributed by atoms with van der Waals surface area (Å²) in [5.41, 5.74) is 2.70. The summed E-state index contributed by atoms with van der Waals surface area (Å²) in [4.78, 5) is 22.0. The van der Waals surface area contributed by atoms with Gasteiger partial charge in [0.25, 0.3) is 5.91 Å². The van der Waals surface area contributed by atoms with E-state index in [1.165, 1.54) is 29.8 Å². The fraction of sp³-hybridized carbons (Fsp3) is 0.261. The van der Waals surface area contributed by atoms with E-state index in [4.69, 9.17) is 4.74 Å². The quantitative estimate of drug-likeness (QED) is 0.439. The van der Waals surface area contributed by atoms with Gasteiger partial charge in [-0.1, -0.05) is 6.07 Å². The highest BCUT2D eigenvalue weighted by molar-refractivity contribution is 7.17. The highest BCUT2D eigenvalue weighted by atomic mass is 32.1. The number of carbonyl (C=O) groups excluding carboxylic acids is 1. The van der Waals surface area contributed by atoms with Crippen molar-refractivity contribution in [2.75, 3.05) is 19.0 Å². The molecule has 0 unspecified atom stereocenters. The number of nitrogens with one attached hydrogen (secondary N) is 2. The fourth-order valence-electron chi connectivity index (χ4n) is 4.32. The molecule has 0 aliphatic carbocycles. The second-order valence-corrected chi connectivity index (χ2v) is 9.31. The van der Waals surface area contributed by atoms with Gasteiger partial charge in [0, 0.05) is 19.2 Å². The number of halogens is 2. The monoisotopic (exact) mass is 469 g/mol. The number of hydrogen-bond donors (Lipinski definition) is 2. The number of amides is 1. The molecule has 1 aromatic carbocycles.